The minimum atomic E-state index is 0.166. The highest BCUT2D eigenvalue weighted by Gasteiger charge is 2.24. The summed E-state index contributed by atoms with van der Waals surface area (Å²) in [5, 5.41) is 0. The van der Waals surface area contributed by atoms with Gasteiger partial charge in [0.2, 0.25) is 5.91 Å². The molecule has 0 atom stereocenters. The molecule has 0 radical (unpaired) electrons. The molecule has 0 saturated heterocycles. The van der Waals surface area contributed by atoms with E-state index in [9.17, 15) is 9.59 Å². The normalized spacial score (nSPS) is 15.2. The molecule has 0 aliphatic carbocycles. The van der Waals surface area contributed by atoms with Crippen molar-refractivity contribution < 1.29 is 9.59 Å². The number of hydrogen-bond donors (Lipinski definition) is 0. The molecule has 104 valence electrons. The Kier molecular flexibility index (Phi) is 3.73. The number of nitrogens with zero attached hydrogens (tertiary/aromatic N) is 3. The molecule has 2 heterocycles. The molecule has 0 aromatic carbocycles. The van der Waals surface area contributed by atoms with E-state index in [1.807, 2.05) is 9.47 Å². The van der Waals surface area contributed by atoms with E-state index >= 15 is 0 Å². The summed E-state index contributed by atoms with van der Waals surface area (Å²) < 4.78 is 1.96. The van der Waals surface area contributed by atoms with Gasteiger partial charge in [0, 0.05) is 19.5 Å². The zero-order chi connectivity index (χ0) is 14.0. The Bertz CT molecular complexity index is 485. The van der Waals surface area contributed by atoms with Crippen LogP contribution in [0.3, 0.4) is 0 Å². The van der Waals surface area contributed by atoms with Crippen LogP contribution in [0.15, 0.2) is 6.33 Å². The maximum absolute atomic E-state index is 12.2. The third kappa shape index (κ3) is 3.22. The highest BCUT2D eigenvalue weighted by atomic mass is 16.2. The van der Waals surface area contributed by atoms with Crippen LogP contribution < -0.4 is 0 Å². The summed E-state index contributed by atoms with van der Waals surface area (Å²) in [4.78, 5) is 29.0. The summed E-state index contributed by atoms with van der Waals surface area (Å²) in [6, 6.07) is 0. The summed E-state index contributed by atoms with van der Waals surface area (Å²) in [6.07, 6.45) is 3.88. The van der Waals surface area contributed by atoms with Crippen LogP contribution in [-0.2, 0) is 17.9 Å². The molecule has 0 spiro atoms. The second-order valence-corrected chi connectivity index (χ2v) is 6.26. The van der Waals surface area contributed by atoms with Gasteiger partial charge in [-0.05, 0) is 11.8 Å². The van der Waals surface area contributed by atoms with E-state index in [-0.39, 0.29) is 11.3 Å². The van der Waals surface area contributed by atoms with Crippen LogP contribution in [0.2, 0.25) is 0 Å². The molecule has 5 heteroatoms. The maximum Gasteiger partial charge on any atom is 0.223 e. The SMILES string of the molecule is CC(C)(C)CCC(=O)N1CCn2cnc(C=O)c2C1. The maximum atomic E-state index is 12.2. The van der Waals surface area contributed by atoms with Gasteiger partial charge in [-0.1, -0.05) is 20.8 Å². The molecule has 1 aliphatic rings. The first-order valence-electron chi connectivity index (χ1n) is 6.68. The largest absolute Gasteiger partial charge is 0.335 e. The minimum Gasteiger partial charge on any atom is -0.335 e. The predicted molar refractivity (Wildman–Crippen MR) is 71.7 cm³/mol. The number of aromatic nitrogens is 2. The lowest BCUT2D eigenvalue weighted by atomic mass is 9.90. The smallest absolute Gasteiger partial charge is 0.223 e. The average Bonchev–Trinajstić information content (AvgIpc) is 2.77. The zero-order valence-corrected chi connectivity index (χ0v) is 11.8. The first-order chi connectivity index (χ1) is 8.90. The van der Waals surface area contributed by atoms with Crippen LogP contribution in [0.4, 0.5) is 0 Å². The number of carbonyl (C=O) groups excluding carboxylic acids is 2. The number of aldehydes is 1. The van der Waals surface area contributed by atoms with Gasteiger partial charge in [-0.15, -0.1) is 0 Å². The molecule has 0 N–H and O–H groups in total. The Morgan fingerprint density at radius 2 is 2.16 bits per heavy atom. The standard InChI is InChI=1S/C14H21N3O2/c1-14(2,3)5-4-13(19)16-6-7-17-10-15-11(9-18)12(17)8-16/h9-10H,4-8H2,1-3H3. The minimum absolute atomic E-state index is 0.166. The highest BCUT2D eigenvalue weighted by molar-refractivity contribution is 5.77. The molecule has 1 amide bonds. The van der Waals surface area contributed by atoms with Crippen LogP contribution in [0.25, 0.3) is 0 Å². The van der Waals surface area contributed by atoms with Gasteiger partial charge in [-0.2, -0.15) is 0 Å². The van der Waals surface area contributed by atoms with Crippen LogP contribution in [0.5, 0.6) is 0 Å². The van der Waals surface area contributed by atoms with Crippen molar-refractivity contribution in [3.63, 3.8) is 0 Å². The van der Waals surface area contributed by atoms with Gasteiger partial charge in [0.05, 0.1) is 18.6 Å². The number of carbonyl (C=O) groups is 2. The topological polar surface area (TPSA) is 55.2 Å². The second kappa shape index (κ2) is 5.15. The van der Waals surface area contributed by atoms with E-state index in [0.29, 0.717) is 25.2 Å². The number of amides is 1. The first-order valence-corrected chi connectivity index (χ1v) is 6.68. The van der Waals surface area contributed by atoms with Crippen molar-refractivity contribution in [2.75, 3.05) is 6.54 Å². The van der Waals surface area contributed by atoms with Crippen molar-refractivity contribution in [1.82, 2.24) is 14.5 Å². The molecule has 19 heavy (non-hydrogen) atoms. The molecule has 0 bridgehead atoms. The lowest BCUT2D eigenvalue weighted by molar-refractivity contribution is -0.133. The molecule has 1 aromatic rings. The van der Waals surface area contributed by atoms with E-state index in [1.54, 1.807) is 6.33 Å². The molecule has 0 saturated carbocycles. The van der Waals surface area contributed by atoms with Crippen LogP contribution in [0.1, 0.15) is 49.8 Å². The highest BCUT2D eigenvalue weighted by Crippen LogP contribution is 2.22. The fourth-order valence-corrected chi connectivity index (χ4v) is 2.23. The van der Waals surface area contributed by atoms with Crippen molar-refractivity contribution in [2.24, 2.45) is 5.41 Å². The molecule has 2 rings (SSSR count). The van der Waals surface area contributed by atoms with Crippen molar-refractivity contribution in [3.05, 3.63) is 17.7 Å². The van der Waals surface area contributed by atoms with E-state index in [4.69, 9.17) is 0 Å². The Balaban J connectivity index is 2.01. The van der Waals surface area contributed by atoms with Crippen LogP contribution >= 0.6 is 0 Å². The molecule has 0 unspecified atom stereocenters. The first kappa shape index (κ1) is 13.8. The molecule has 1 aromatic heterocycles. The fourth-order valence-electron chi connectivity index (χ4n) is 2.23. The third-order valence-electron chi connectivity index (χ3n) is 3.48. The summed E-state index contributed by atoms with van der Waals surface area (Å²) in [6.45, 7) is 8.32. The van der Waals surface area contributed by atoms with Gasteiger partial charge < -0.3 is 9.47 Å². The number of imidazole rings is 1. The Labute approximate surface area is 113 Å². The van der Waals surface area contributed by atoms with E-state index < -0.39 is 0 Å². The Morgan fingerprint density at radius 3 is 2.79 bits per heavy atom. The molecular formula is C14H21N3O2. The molecule has 1 aliphatic heterocycles. The fraction of sp³-hybridized carbons (Fsp3) is 0.643. The van der Waals surface area contributed by atoms with E-state index in [2.05, 4.69) is 25.8 Å². The summed E-state index contributed by atoms with van der Waals surface area (Å²) in [7, 11) is 0. The molecule has 5 nitrogen and oxygen atoms in total. The van der Waals surface area contributed by atoms with Crippen LogP contribution in [0, 0.1) is 5.41 Å². The second-order valence-electron chi connectivity index (χ2n) is 6.26. The zero-order valence-electron chi connectivity index (χ0n) is 11.8. The number of fused-ring (bicyclic) bond motifs is 1. The molecule has 0 fully saturated rings. The van der Waals surface area contributed by atoms with Gasteiger partial charge in [-0.3, -0.25) is 9.59 Å². The van der Waals surface area contributed by atoms with Gasteiger partial charge in [0.15, 0.2) is 6.29 Å². The summed E-state index contributed by atoms with van der Waals surface area (Å²) in [5.41, 5.74) is 1.47. The number of hydrogen-bond acceptors (Lipinski definition) is 3. The average molecular weight is 263 g/mol. The monoisotopic (exact) mass is 263 g/mol. The van der Waals surface area contributed by atoms with Gasteiger partial charge >= 0.3 is 0 Å². The van der Waals surface area contributed by atoms with E-state index in [0.717, 1.165) is 24.9 Å². The van der Waals surface area contributed by atoms with Crippen LogP contribution in [-0.4, -0.2) is 33.2 Å². The van der Waals surface area contributed by atoms with Crippen molar-refractivity contribution in [3.8, 4) is 0 Å². The number of rotatable bonds is 3. The summed E-state index contributed by atoms with van der Waals surface area (Å²) >= 11 is 0. The Morgan fingerprint density at radius 1 is 1.42 bits per heavy atom. The van der Waals surface area contributed by atoms with E-state index in [1.165, 1.54) is 0 Å². The van der Waals surface area contributed by atoms with Gasteiger partial charge in [0.25, 0.3) is 0 Å². The third-order valence-corrected chi connectivity index (χ3v) is 3.48. The lowest BCUT2D eigenvalue weighted by Crippen LogP contribution is -2.38. The van der Waals surface area contributed by atoms with Gasteiger partial charge in [-0.25, -0.2) is 4.98 Å². The molecular weight excluding hydrogens is 242 g/mol. The lowest BCUT2D eigenvalue weighted by Gasteiger charge is -2.29. The predicted octanol–water partition coefficient (Wildman–Crippen LogP) is 1.86. The summed E-state index contributed by atoms with van der Waals surface area (Å²) in [5.74, 6) is 0.166. The Hall–Kier alpha value is -1.65. The van der Waals surface area contributed by atoms with Crippen molar-refractivity contribution in [1.29, 1.82) is 0 Å². The van der Waals surface area contributed by atoms with Gasteiger partial charge in [0.1, 0.15) is 5.69 Å². The van der Waals surface area contributed by atoms with Crippen molar-refractivity contribution >= 4 is 12.2 Å². The quantitative estimate of drug-likeness (QED) is 0.782. The van der Waals surface area contributed by atoms with Crippen molar-refractivity contribution in [2.45, 2.75) is 46.7 Å².